The van der Waals surface area contributed by atoms with Crippen LogP contribution in [0.1, 0.15) is 51.9 Å². The molecule has 0 aromatic heterocycles. The molecule has 4 heteroatoms. The Morgan fingerprint density at radius 2 is 1.94 bits per heavy atom. The number of hydrogen-bond donors (Lipinski definition) is 2. The van der Waals surface area contributed by atoms with Crippen molar-refractivity contribution in [2.75, 3.05) is 5.75 Å². The third-order valence-corrected chi connectivity index (χ3v) is 5.51. The van der Waals surface area contributed by atoms with Crippen molar-refractivity contribution in [2.24, 2.45) is 11.7 Å². The molecule has 2 rings (SSSR count). The smallest absolute Gasteiger partial charge is 0.223 e. The van der Waals surface area contributed by atoms with Crippen LogP contribution < -0.4 is 11.1 Å². The molecule has 1 amide bonds. The number of carbonyl (C=O) groups is 1. The minimum absolute atomic E-state index is 0.225. The van der Waals surface area contributed by atoms with E-state index >= 15 is 0 Å². The fourth-order valence-electron chi connectivity index (χ4n) is 3.16. The second-order valence-corrected chi connectivity index (χ2v) is 7.28. The molecule has 2 aliphatic rings. The van der Waals surface area contributed by atoms with Gasteiger partial charge in [0.05, 0.1) is 0 Å². The van der Waals surface area contributed by atoms with Gasteiger partial charge in [0.1, 0.15) is 0 Å². The highest BCUT2D eigenvalue weighted by Gasteiger charge is 2.29. The van der Waals surface area contributed by atoms with Crippen LogP contribution in [0.15, 0.2) is 0 Å². The van der Waals surface area contributed by atoms with E-state index in [0.29, 0.717) is 12.1 Å². The van der Waals surface area contributed by atoms with Gasteiger partial charge in [-0.05, 0) is 50.7 Å². The fourth-order valence-corrected chi connectivity index (χ4v) is 4.30. The molecule has 2 unspecified atom stereocenters. The molecule has 3 N–H and O–H groups in total. The average molecular weight is 270 g/mol. The number of carbonyl (C=O) groups excluding carboxylic acids is 1. The maximum Gasteiger partial charge on any atom is 0.223 e. The minimum atomic E-state index is 0.225. The van der Waals surface area contributed by atoms with Gasteiger partial charge in [-0.2, -0.15) is 11.8 Å². The Labute approximate surface area is 115 Å². The summed E-state index contributed by atoms with van der Waals surface area (Å²) >= 11 is 2.04. The van der Waals surface area contributed by atoms with Gasteiger partial charge in [0, 0.05) is 23.3 Å². The first-order valence-corrected chi connectivity index (χ1v) is 8.41. The van der Waals surface area contributed by atoms with Crippen molar-refractivity contribution >= 4 is 17.7 Å². The van der Waals surface area contributed by atoms with E-state index in [1.165, 1.54) is 12.2 Å². The summed E-state index contributed by atoms with van der Waals surface area (Å²) in [5.41, 5.74) is 5.88. The molecule has 0 heterocycles. The maximum absolute atomic E-state index is 12.2. The van der Waals surface area contributed by atoms with Crippen LogP contribution in [0.5, 0.6) is 0 Å². The third kappa shape index (κ3) is 3.89. The van der Waals surface area contributed by atoms with Crippen molar-refractivity contribution in [2.45, 2.75) is 69.2 Å². The van der Waals surface area contributed by atoms with Crippen molar-refractivity contribution in [3.63, 3.8) is 0 Å². The van der Waals surface area contributed by atoms with Gasteiger partial charge in [0.15, 0.2) is 0 Å². The molecular formula is C14H26N2OS. The number of hydrogen-bond acceptors (Lipinski definition) is 3. The normalized spacial score (nSPS) is 36.6. The number of nitrogens with two attached hydrogens (primary N) is 1. The summed E-state index contributed by atoms with van der Waals surface area (Å²) in [5, 5.41) is 4.02. The van der Waals surface area contributed by atoms with E-state index in [1.807, 2.05) is 11.8 Å². The molecular weight excluding hydrogens is 244 g/mol. The average Bonchev–Trinajstić information content (AvgIpc) is 2.78. The van der Waals surface area contributed by atoms with Gasteiger partial charge in [-0.25, -0.2) is 0 Å². The van der Waals surface area contributed by atoms with E-state index < -0.39 is 0 Å². The summed E-state index contributed by atoms with van der Waals surface area (Å²) in [4.78, 5) is 12.2. The zero-order chi connectivity index (χ0) is 13.0. The molecule has 2 atom stereocenters. The highest BCUT2D eigenvalue weighted by molar-refractivity contribution is 7.99. The lowest BCUT2D eigenvalue weighted by atomic mass is 9.86. The molecule has 0 saturated heterocycles. The van der Waals surface area contributed by atoms with Gasteiger partial charge in [-0.3, -0.25) is 4.79 Å². The van der Waals surface area contributed by atoms with Crippen LogP contribution in [0, 0.1) is 5.92 Å². The van der Waals surface area contributed by atoms with E-state index in [1.54, 1.807) is 0 Å². The van der Waals surface area contributed by atoms with Gasteiger partial charge in [0.2, 0.25) is 5.91 Å². The second-order valence-electron chi connectivity index (χ2n) is 5.71. The Morgan fingerprint density at radius 3 is 2.61 bits per heavy atom. The van der Waals surface area contributed by atoms with Gasteiger partial charge in [-0.1, -0.05) is 6.92 Å². The van der Waals surface area contributed by atoms with Gasteiger partial charge < -0.3 is 11.1 Å². The largest absolute Gasteiger partial charge is 0.353 e. The Bertz CT molecular complexity index is 277. The van der Waals surface area contributed by atoms with E-state index in [4.69, 9.17) is 5.73 Å². The van der Waals surface area contributed by atoms with Gasteiger partial charge in [0.25, 0.3) is 0 Å². The lowest BCUT2D eigenvalue weighted by Crippen LogP contribution is -2.40. The Morgan fingerprint density at radius 1 is 1.22 bits per heavy atom. The predicted octanol–water partition coefficient (Wildman–Crippen LogP) is 2.29. The number of rotatable bonds is 4. The number of nitrogens with one attached hydrogen (secondary N) is 1. The van der Waals surface area contributed by atoms with E-state index in [9.17, 15) is 4.79 Å². The lowest BCUT2D eigenvalue weighted by Gasteiger charge is -2.26. The fraction of sp³-hybridized carbons (Fsp3) is 0.929. The highest BCUT2D eigenvalue weighted by Crippen LogP contribution is 2.30. The molecule has 18 heavy (non-hydrogen) atoms. The van der Waals surface area contributed by atoms with Crippen LogP contribution in [-0.4, -0.2) is 29.0 Å². The molecule has 2 saturated carbocycles. The zero-order valence-electron chi connectivity index (χ0n) is 11.4. The van der Waals surface area contributed by atoms with Crippen LogP contribution in [0.25, 0.3) is 0 Å². The SMILES string of the molecule is CCSC1CCC(NC(=O)C2CCC(N)CC2)C1. The quantitative estimate of drug-likeness (QED) is 0.824. The van der Waals surface area contributed by atoms with Crippen LogP contribution in [0.3, 0.4) is 0 Å². The Kier molecular flexibility index (Phi) is 5.37. The van der Waals surface area contributed by atoms with Crippen LogP contribution >= 0.6 is 11.8 Å². The van der Waals surface area contributed by atoms with E-state index in [0.717, 1.165) is 43.8 Å². The molecule has 0 aromatic carbocycles. The van der Waals surface area contributed by atoms with Crippen molar-refractivity contribution in [3.05, 3.63) is 0 Å². The number of amides is 1. The molecule has 2 aliphatic carbocycles. The molecule has 2 fully saturated rings. The molecule has 0 spiro atoms. The third-order valence-electron chi connectivity index (χ3n) is 4.28. The van der Waals surface area contributed by atoms with E-state index in [-0.39, 0.29) is 11.8 Å². The molecule has 0 aliphatic heterocycles. The van der Waals surface area contributed by atoms with Crippen molar-refractivity contribution in [3.8, 4) is 0 Å². The predicted molar refractivity (Wildman–Crippen MR) is 77.6 cm³/mol. The van der Waals surface area contributed by atoms with Crippen molar-refractivity contribution < 1.29 is 4.79 Å². The second kappa shape index (κ2) is 6.80. The Balaban J connectivity index is 1.71. The van der Waals surface area contributed by atoms with Crippen LogP contribution in [0.2, 0.25) is 0 Å². The number of thioether (sulfide) groups is 1. The summed E-state index contributed by atoms with van der Waals surface area (Å²) < 4.78 is 0. The lowest BCUT2D eigenvalue weighted by molar-refractivity contribution is -0.126. The highest BCUT2D eigenvalue weighted by atomic mass is 32.2. The van der Waals surface area contributed by atoms with Crippen LogP contribution in [0.4, 0.5) is 0 Å². The first-order valence-electron chi connectivity index (χ1n) is 7.36. The standard InChI is InChI=1S/C14H26N2OS/c1-2-18-13-8-7-12(9-13)16-14(17)10-3-5-11(15)6-4-10/h10-13H,2-9,15H2,1H3,(H,16,17). The van der Waals surface area contributed by atoms with Gasteiger partial charge >= 0.3 is 0 Å². The van der Waals surface area contributed by atoms with Crippen molar-refractivity contribution in [1.29, 1.82) is 0 Å². The summed E-state index contributed by atoms with van der Waals surface area (Å²) in [6.45, 7) is 2.21. The minimum Gasteiger partial charge on any atom is -0.353 e. The summed E-state index contributed by atoms with van der Waals surface area (Å²) in [6.07, 6.45) is 7.57. The topological polar surface area (TPSA) is 55.1 Å². The monoisotopic (exact) mass is 270 g/mol. The summed E-state index contributed by atoms with van der Waals surface area (Å²) in [6, 6.07) is 0.753. The maximum atomic E-state index is 12.2. The van der Waals surface area contributed by atoms with Crippen LogP contribution in [-0.2, 0) is 4.79 Å². The van der Waals surface area contributed by atoms with Crippen molar-refractivity contribution in [1.82, 2.24) is 5.32 Å². The molecule has 0 bridgehead atoms. The van der Waals surface area contributed by atoms with E-state index in [2.05, 4.69) is 12.2 Å². The molecule has 0 aromatic rings. The summed E-state index contributed by atoms with van der Waals surface area (Å²) in [7, 11) is 0. The summed E-state index contributed by atoms with van der Waals surface area (Å²) in [5.74, 6) is 1.70. The van der Waals surface area contributed by atoms with Gasteiger partial charge in [-0.15, -0.1) is 0 Å². The molecule has 0 radical (unpaired) electrons. The Hall–Kier alpha value is -0.220. The zero-order valence-corrected chi connectivity index (χ0v) is 12.2. The molecule has 3 nitrogen and oxygen atoms in total. The first kappa shape index (κ1) is 14.2. The molecule has 104 valence electrons. The first-order chi connectivity index (χ1) is 8.69.